The maximum Gasteiger partial charge on any atom is 0.317 e. The van der Waals surface area contributed by atoms with Crippen LogP contribution in [0.1, 0.15) is 0 Å². The zero-order valence-electron chi connectivity index (χ0n) is 5.91. The maximum absolute atomic E-state index is 9.24. The minimum absolute atomic E-state index is 0.122. The molecule has 0 spiro atoms. The first-order chi connectivity index (χ1) is 4.68. The molecular weight excluding hydrogens is 138 g/mol. The van der Waals surface area contributed by atoms with Crippen molar-refractivity contribution in [2.75, 3.05) is 26.9 Å². The van der Waals surface area contributed by atoms with Gasteiger partial charge < -0.3 is 20.7 Å². The van der Waals surface area contributed by atoms with Crippen LogP contribution in [0, 0.1) is 0 Å². The molecule has 0 aromatic carbocycles. The Bertz CT molecular complexity index is 74.0. The molecule has 0 aromatic heterocycles. The van der Waals surface area contributed by atoms with Crippen LogP contribution in [0.3, 0.4) is 0 Å². The smallest absolute Gasteiger partial charge is 0.317 e. The van der Waals surface area contributed by atoms with Gasteiger partial charge in [-0.25, -0.2) is 0 Å². The summed E-state index contributed by atoms with van der Waals surface area (Å²) in [6, 6.07) is 0. The first-order valence-corrected chi connectivity index (χ1v) is 2.70. The number of carboxylic acid groups (broad SMARTS) is 1. The van der Waals surface area contributed by atoms with E-state index in [0.717, 1.165) is 0 Å². The molecule has 0 aromatic rings. The van der Waals surface area contributed by atoms with Crippen molar-refractivity contribution in [3.05, 3.63) is 0 Å². The van der Waals surface area contributed by atoms with Gasteiger partial charge in [0.25, 0.3) is 0 Å². The molecule has 5 heteroatoms. The SMILES string of the molecule is COCCO.NCC(=O)O. The van der Waals surface area contributed by atoms with Crippen molar-refractivity contribution in [2.24, 2.45) is 5.73 Å². The third kappa shape index (κ3) is 26.4. The Morgan fingerprint density at radius 3 is 2.10 bits per heavy atom. The van der Waals surface area contributed by atoms with Crippen LogP contribution in [-0.2, 0) is 9.53 Å². The molecule has 0 fully saturated rings. The van der Waals surface area contributed by atoms with Crippen molar-refractivity contribution >= 4 is 5.97 Å². The van der Waals surface area contributed by atoms with Crippen LogP contribution in [0.4, 0.5) is 0 Å². The Labute approximate surface area is 59.4 Å². The predicted octanol–water partition coefficient (Wildman–Crippen LogP) is -1.35. The van der Waals surface area contributed by atoms with E-state index in [4.69, 9.17) is 10.2 Å². The van der Waals surface area contributed by atoms with Crippen LogP contribution in [0.25, 0.3) is 0 Å². The number of carbonyl (C=O) groups is 1. The number of hydrogen-bond acceptors (Lipinski definition) is 4. The number of rotatable bonds is 3. The number of aliphatic carboxylic acids is 1. The average molecular weight is 151 g/mol. The molecule has 62 valence electrons. The van der Waals surface area contributed by atoms with E-state index in [0.29, 0.717) is 6.61 Å². The third-order valence-corrected chi connectivity index (χ3v) is 0.470. The average Bonchev–Trinajstić information content (AvgIpc) is 1.91. The summed E-state index contributed by atoms with van der Waals surface area (Å²) in [6.45, 7) is 0.288. The number of methoxy groups -OCH3 is 1. The van der Waals surface area contributed by atoms with E-state index in [1.807, 2.05) is 0 Å². The van der Waals surface area contributed by atoms with Crippen LogP contribution < -0.4 is 5.73 Å². The number of ether oxygens (including phenoxy) is 1. The number of aliphatic hydroxyl groups is 1. The minimum Gasteiger partial charge on any atom is -0.480 e. The zero-order valence-corrected chi connectivity index (χ0v) is 5.91. The van der Waals surface area contributed by atoms with E-state index >= 15 is 0 Å². The van der Waals surface area contributed by atoms with Crippen molar-refractivity contribution in [1.82, 2.24) is 0 Å². The normalized spacial score (nSPS) is 7.90. The quantitative estimate of drug-likeness (QED) is 0.464. The van der Waals surface area contributed by atoms with Gasteiger partial charge in [-0.3, -0.25) is 4.79 Å². The molecule has 0 amide bonds. The lowest BCUT2D eigenvalue weighted by molar-refractivity contribution is -0.135. The number of aliphatic hydroxyl groups excluding tert-OH is 1. The molecule has 0 bridgehead atoms. The fraction of sp³-hybridized carbons (Fsp3) is 0.800. The van der Waals surface area contributed by atoms with Gasteiger partial charge in [0.2, 0.25) is 0 Å². The first kappa shape index (κ1) is 12.1. The molecule has 10 heavy (non-hydrogen) atoms. The summed E-state index contributed by atoms with van der Waals surface area (Å²) in [6.07, 6.45) is 0. The first-order valence-electron chi connectivity index (χ1n) is 2.70. The lowest BCUT2D eigenvalue weighted by Gasteiger charge is -1.84. The molecule has 0 radical (unpaired) electrons. The molecule has 0 aliphatic carbocycles. The Morgan fingerprint density at radius 1 is 1.70 bits per heavy atom. The summed E-state index contributed by atoms with van der Waals surface area (Å²) in [7, 11) is 1.55. The fourth-order valence-electron chi connectivity index (χ4n) is 0.0913. The predicted molar refractivity (Wildman–Crippen MR) is 35.7 cm³/mol. The highest BCUT2D eigenvalue weighted by Crippen LogP contribution is 1.56. The highest BCUT2D eigenvalue weighted by Gasteiger charge is 1.81. The Morgan fingerprint density at radius 2 is 2.10 bits per heavy atom. The highest BCUT2D eigenvalue weighted by molar-refractivity contribution is 5.68. The summed E-state index contributed by atoms with van der Waals surface area (Å²) in [4.78, 5) is 9.24. The molecule has 5 nitrogen and oxygen atoms in total. The molecule has 0 atom stereocenters. The fourth-order valence-corrected chi connectivity index (χ4v) is 0.0913. The summed E-state index contributed by atoms with van der Waals surface area (Å²) in [5.74, 6) is -0.968. The molecule has 0 saturated heterocycles. The summed E-state index contributed by atoms with van der Waals surface area (Å²) < 4.78 is 4.44. The zero-order chi connectivity index (χ0) is 8.41. The van der Waals surface area contributed by atoms with Gasteiger partial charge >= 0.3 is 5.97 Å². The Balaban J connectivity index is 0. The van der Waals surface area contributed by atoms with E-state index in [1.165, 1.54) is 0 Å². The molecule has 0 aliphatic rings. The molecular formula is C5H13NO4. The van der Waals surface area contributed by atoms with Gasteiger partial charge in [0.1, 0.15) is 0 Å². The van der Waals surface area contributed by atoms with E-state index in [1.54, 1.807) is 7.11 Å². The third-order valence-electron chi connectivity index (χ3n) is 0.470. The molecule has 4 N–H and O–H groups in total. The van der Waals surface area contributed by atoms with E-state index in [-0.39, 0.29) is 13.2 Å². The second-order valence-electron chi connectivity index (χ2n) is 1.31. The highest BCUT2D eigenvalue weighted by atomic mass is 16.5. The van der Waals surface area contributed by atoms with E-state index in [9.17, 15) is 4.79 Å². The number of carboxylic acids is 1. The summed E-state index contributed by atoms with van der Waals surface area (Å²) in [5, 5.41) is 15.5. The molecule has 0 unspecified atom stereocenters. The van der Waals surface area contributed by atoms with Gasteiger partial charge in [-0.2, -0.15) is 0 Å². The second kappa shape index (κ2) is 11.2. The van der Waals surface area contributed by atoms with E-state index < -0.39 is 5.97 Å². The van der Waals surface area contributed by atoms with Crippen molar-refractivity contribution in [3.63, 3.8) is 0 Å². The van der Waals surface area contributed by atoms with E-state index in [2.05, 4.69) is 10.5 Å². The molecule has 0 aliphatic heterocycles. The van der Waals surface area contributed by atoms with Gasteiger partial charge in [-0.15, -0.1) is 0 Å². The van der Waals surface area contributed by atoms with Crippen molar-refractivity contribution in [2.45, 2.75) is 0 Å². The van der Waals surface area contributed by atoms with Crippen molar-refractivity contribution in [1.29, 1.82) is 0 Å². The summed E-state index contributed by atoms with van der Waals surface area (Å²) >= 11 is 0. The molecule has 0 saturated carbocycles. The van der Waals surface area contributed by atoms with Gasteiger partial charge in [-0.05, 0) is 0 Å². The monoisotopic (exact) mass is 151 g/mol. The topological polar surface area (TPSA) is 92.8 Å². The lowest BCUT2D eigenvalue weighted by atomic mass is 10.7. The minimum atomic E-state index is -0.968. The standard InChI is InChI=1S/C3H8O2.C2H5NO2/c1-5-3-2-4;3-1-2(4)5/h4H,2-3H2,1H3;1,3H2,(H,4,5). The Kier molecular flexibility index (Phi) is 13.5. The van der Waals surface area contributed by atoms with Crippen LogP contribution in [0.5, 0.6) is 0 Å². The van der Waals surface area contributed by atoms with Gasteiger partial charge in [0.05, 0.1) is 19.8 Å². The van der Waals surface area contributed by atoms with Crippen molar-refractivity contribution < 1.29 is 19.7 Å². The number of nitrogens with two attached hydrogens (primary N) is 1. The van der Waals surface area contributed by atoms with Gasteiger partial charge in [0, 0.05) is 7.11 Å². The van der Waals surface area contributed by atoms with Crippen LogP contribution in [0.15, 0.2) is 0 Å². The maximum atomic E-state index is 9.24. The number of hydrogen-bond donors (Lipinski definition) is 3. The lowest BCUT2D eigenvalue weighted by Crippen LogP contribution is -2.10. The molecule has 0 rings (SSSR count). The largest absolute Gasteiger partial charge is 0.480 e. The van der Waals surface area contributed by atoms with Crippen LogP contribution in [-0.4, -0.2) is 43.1 Å². The van der Waals surface area contributed by atoms with Crippen LogP contribution >= 0.6 is 0 Å². The van der Waals surface area contributed by atoms with Crippen LogP contribution in [0.2, 0.25) is 0 Å². The second-order valence-corrected chi connectivity index (χ2v) is 1.31. The summed E-state index contributed by atoms with van der Waals surface area (Å²) in [5.41, 5.74) is 4.57. The Hall–Kier alpha value is -0.650. The van der Waals surface area contributed by atoms with Crippen molar-refractivity contribution in [3.8, 4) is 0 Å². The van der Waals surface area contributed by atoms with Gasteiger partial charge in [-0.1, -0.05) is 0 Å². The van der Waals surface area contributed by atoms with Gasteiger partial charge in [0.15, 0.2) is 0 Å². The molecule has 0 heterocycles.